The minimum Gasteiger partial charge on any atom is -0.487 e. The van der Waals surface area contributed by atoms with Gasteiger partial charge in [-0.15, -0.1) is 0 Å². The predicted octanol–water partition coefficient (Wildman–Crippen LogP) is 3.18. The molecule has 0 aliphatic heterocycles. The van der Waals surface area contributed by atoms with Crippen molar-refractivity contribution in [2.75, 3.05) is 7.11 Å². The average Bonchev–Trinajstić information content (AvgIpc) is 2.53. The number of pyridine rings is 1. The van der Waals surface area contributed by atoms with Crippen LogP contribution in [0.15, 0.2) is 41.6 Å². The van der Waals surface area contributed by atoms with Crippen molar-refractivity contribution in [1.82, 2.24) is 4.98 Å². The van der Waals surface area contributed by atoms with Gasteiger partial charge in [-0.25, -0.2) is 4.98 Å². The van der Waals surface area contributed by atoms with E-state index in [0.29, 0.717) is 23.9 Å². The second-order valence-corrected chi connectivity index (χ2v) is 4.64. The van der Waals surface area contributed by atoms with Crippen molar-refractivity contribution in [2.45, 2.75) is 20.5 Å². The second-order valence-electron chi connectivity index (χ2n) is 4.64. The molecule has 110 valence electrons. The summed E-state index contributed by atoms with van der Waals surface area (Å²) in [7, 11) is 1.58. The first-order valence-electron chi connectivity index (χ1n) is 6.56. The van der Waals surface area contributed by atoms with Crippen molar-refractivity contribution in [1.29, 1.82) is 0 Å². The van der Waals surface area contributed by atoms with Crippen molar-refractivity contribution in [3.05, 3.63) is 53.2 Å². The molecule has 0 atom stereocenters. The van der Waals surface area contributed by atoms with Gasteiger partial charge in [-0.2, -0.15) is 0 Å². The first kappa shape index (κ1) is 14.8. The predicted molar refractivity (Wildman–Crippen MR) is 80.3 cm³/mol. The SMILES string of the molecule is COc1cccc(COc2ccc(C)cc2C(C)=NO)n1. The Labute approximate surface area is 123 Å². The number of oxime groups is 1. The molecule has 1 N–H and O–H groups in total. The number of aryl methyl sites for hydroxylation is 1. The lowest BCUT2D eigenvalue weighted by atomic mass is 10.1. The van der Waals surface area contributed by atoms with Gasteiger partial charge in [0.25, 0.3) is 0 Å². The molecule has 5 nitrogen and oxygen atoms in total. The smallest absolute Gasteiger partial charge is 0.213 e. The van der Waals surface area contributed by atoms with E-state index in [1.807, 2.05) is 37.3 Å². The highest BCUT2D eigenvalue weighted by atomic mass is 16.5. The number of hydrogen-bond donors (Lipinski definition) is 1. The van der Waals surface area contributed by atoms with Gasteiger partial charge in [0.1, 0.15) is 12.4 Å². The Kier molecular flexibility index (Phi) is 4.77. The Bertz CT molecular complexity index is 654. The van der Waals surface area contributed by atoms with E-state index in [2.05, 4.69) is 10.1 Å². The molecule has 2 rings (SSSR count). The van der Waals surface area contributed by atoms with Crippen LogP contribution in [0, 0.1) is 6.92 Å². The fourth-order valence-corrected chi connectivity index (χ4v) is 1.91. The van der Waals surface area contributed by atoms with Crippen LogP contribution in [0.4, 0.5) is 0 Å². The molecule has 1 aromatic heterocycles. The quantitative estimate of drug-likeness (QED) is 0.521. The maximum atomic E-state index is 8.96. The third kappa shape index (κ3) is 3.72. The van der Waals surface area contributed by atoms with Gasteiger partial charge in [0.15, 0.2) is 0 Å². The third-order valence-corrected chi connectivity index (χ3v) is 3.04. The average molecular weight is 286 g/mol. The van der Waals surface area contributed by atoms with Gasteiger partial charge in [0, 0.05) is 11.6 Å². The molecule has 0 saturated carbocycles. The molecule has 0 aliphatic carbocycles. The highest BCUT2D eigenvalue weighted by Crippen LogP contribution is 2.22. The summed E-state index contributed by atoms with van der Waals surface area (Å²) < 4.78 is 10.9. The minimum atomic E-state index is 0.311. The zero-order valence-electron chi connectivity index (χ0n) is 12.3. The van der Waals surface area contributed by atoms with Crippen LogP contribution < -0.4 is 9.47 Å². The van der Waals surface area contributed by atoms with Crippen molar-refractivity contribution >= 4 is 5.71 Å². The zero-order valence-corrected chi connectivity index (χ0v) is 12.3. The third-order valence-electron chi connectivity index (χ3n) is 3.04. The molecule has 0 saturated heterocycles. The molecule has 0 fully saturated rings. The Balaban J connectivity index is 2.19. The molecule has 0 spiro atoms. The van der Waals surface area contributed by atoms with Crippen molar-refractivity contribution in [3.63, 3.8) is 0 Å². The standard InChI is InChI=1S/C16H18N2O3/c1-11-7-8-15(14(9-11)12(2)18-19)21-10-13-5-4-6-16(17-13)20-3/h4-9,19H,10H2,1-3H3. The molecule has 0 radical (unpaired) electrons. The second kappa shape index (κ2) is 6.74. The van der Waals surface area contributed by atoms with E-state index in [0.717, 1.165) is 16.8 Å². The molecular weight excluding hydrogens is 268 g/mol. The van der Waals surface area contributed by atoms with Gasteiger partial charge in [0.05, 0.1) is 18.5 Å². The van der Waals surface area contributed by atoms with Crippen LogP contribution in [0.1, 0.15) is 23.7 Å². The van der Waals surface area contributed by atoms with E-state index < -0.39 is 0 Å². The summed E-state index contributed by atoms with van der Waals surface area (Å²) in [6.07, 6.45) is 0. The van der Waals surface area contributed by atoms with Crippen LogP contribution in [-0.2, 0) is 6.61 Å². The van der Waals surface area contributed by atoms with Crippen LogP contribution in [0.3, 0.4) is 0 Å². The summed E-state index contributed by atoms with van der Waals surface area (Å²) in [5.41, 5.74) is 3.10. The summed E-state index contributed by atoms with van der Waals surface area (Å²) >= 11 is 0. The topological polar surface area (TPSA) is 63.9 Å². The van der Waals surface area contributed by atoms with Crippen molar-refractivity contribution in [3.8, 4) is 11.6 Å². The first-order valence-corrected chi connectivity index (χ1v) is 6.56. The number of methoxy groups -OCH3 is 1. The minimum absolute atomic E-state index is 0.311. The molecule has 0 unspecified atom stereocenters. The maximum Gasteiger partial charge on any atom is 0.213 e. The molecule has 1 aromatic carbocycles. The van der Waals surface area contributed by atoms with Gasteiger partial charge in [-0.05, 0) is 32.0 Å². The van der Waals surface area contributed by atoms with Gasteiger partial charge < -0.3 is 14.7 Å². The van der Waals surface area contributed by atoms with Gasteiger partial charge in [-0.3, -0.25) is 0 Å². The zero-order chi connectivity index (χ0) is 15.2. The van der Waals surface area contributed by atoms with Crippen LogP contribution >= 0.6 is 0 Å². The number of ether oxygens (including phenoxy) is 2. The Morgan fingerprint density at radius 2 is 2.10 bits per heavy atom. The normalized spacial score (nSPS) is 11.3. The lowest BCUT2D eigenvalue weighted by Gasteiger charge is -2.11. The Morgan fingerprint density at radius 1 is 1.29 bits per heavy atom. The Morgan fingerprint density at radius 3 is 2.81 bits per heavy atom. The largest absolute Gasteiger partial charge is 0.487 e. The summed E-state index contributed by atoms with van der Waals surface area (Å²) in [4.78, 5) is 4.29. The number of nitrogens with zero attached hydrogens (tertiary/aromatic N) is 2. The molecule has 1 heterocycles. The van der Waals surface area contributed by atoms with Crippen molar-refractivity contribution < 1.29 is 14.7 Å². The fourth-order valence-electron chi connectivity index (χ4n) is 1.91. The van der Waals surface area contributed by atoms with Crippen LogP contribution in [0.5, 0.6) is 11.6 Å². The monoisotopic (exact) mass is 286 g/mol. The number of benzene rings is 1. The highest BCUT2D eigenvalue weighted by Gasteiger charge is 2.09. The lowest BCUT2D eigenvalue weighted by molar-refractivity contribution is 0.296. The number of aromatic nitrogens is 1. The van der Waals surface area contributed by atoms with E-state index in [1.54, 1.807) is 20.1 Å². The van der Waals surface area contributed by atoms with Gasteiger partial charge in [-0.1, -0.05) is 22.9 Å². The van der Waals surface area contributed by atoms with E-state index >= 15 is 0 Å². The summed E-state index contributed by atoms with van der Waals surface area (Å²) in [6.45, 7) is 4.01. The van der Waals surface area contributed by atoms with Gasteiger partial charge >= 0.3 is 0 Å². The van der Waals surface area contributed by atoms with E-state index in [1.165, 1.54) is 0 Å². The molecular formula is C16H18N2O3. The van der Waals surface area contributed by atoms with Crippen LogP contribution in [0.25, 0.3) is 0 Å². The number of rotatable bonds is 5. The summed E-state index contributed by atoms with van der Waals surface area (Å²) in [5, 5.41) is 12.2. The number of hydrogen-bond acceptors (Lipinski definition) is 5. The van der Waals surface area contributed by atoms with E-state index in [4.69, 9.17) is 14.7 Å². The molecule has 21 heavy (non-hydrogen) atoms. The van der Waals surface area contributed by atoms with Crippen molar-refractivity contribution in [2.24, 2.45) is 5.16 Å². The highest BCUT2D eigenvalue weighted by molar-refractivity contribution is 6.00. The molecule has 0 bridgehead atoms. The van der Waals surface area contributed by atoms with Gasteiger partial charge in [0.2, 0.25) is 5.88 Å². The summed E-state index contributed by atoms with van der Waals surface area (Å²) in [6, 6.07) is 11.2. The molecule has 0 aliphatic rings. The van der Waals surface area contributed by atoms with Crippen LogP contribution in [-0.4, -0.2) is 23.0 Å². The molecule has 5 heteroatoms. The van der Waals surface area contributed by atoms with Crippen LogP contribution in [0.2, 0.25) is 0 Å². The molecule has 0 amide bonds. The van der Waals surface area contributed by atoms with E-state index in [-0.39, 0.29) is 0 Å². The maximum absolute atomic E-state index is 8.96. The molecule has 2 aromatic rings. The fraction of sp³-hybridized carbons (Fsp3) is 0.250. The lowest BCUT2D eigenvalue weighted by Crippen LogP contribution is -2.04. The Hall–Kier alpha value is -2.56. The first-order chi connectivity index (χ1) is 10.1. The van der Waals surface area contributed by atoms with E-state index in [9.17, 15) is 0 Å². The summed E-state index contributed by atoms with van der Waals surface area (Å²) in [5.74, 6) is 1.20.